The molecule has 1 fully saturated rings. The van der Waals surface area contributed by atoms with Crippen LogP contribution in [-0.2, 0) is 17.6 Å². The Balaban J connectivity index is 1.47. The van der Waals surface area contributed by atoms with Gasteiger partial charge in [-0.05, 0) is 75.7 Å². The molecule has 0 radical (unpaired) electrons. The summed E-state index contributed by atoms with van der Waals surface area (Å²) in [4.78, 5) is 6.80. The van der Waals surface area contributed by atoms with Crippen molar-refractivity contribution in [1.29, 1.82) is 0 Å². The van der Waals surface area contributed by atoms with Crippen LogP contribution in [0.4, 0.5) is 5.69 Å². The molecule has 36 heavy (non-hydrogen) atoms. The van der Waals surface area contributed by atoms with E-state index in [0.29, 0.717) is 0 Å². The number of hydrogen-bond acceptors (Lipinski definition) is 3. The second-order valence-corrected chi connectivity index (χ2v) is 9.42. The van der Waals surface area contributed by atoms with E-state index in [9.17, 15) is 0 Å². The Labute approximate surface area is 213 Å². The standard InChI is InChI=1S/C33H30N2O/c1-2-7-25(8-3-1)14-15-28-22-30(29-11-6-16-34-24-29)21-27-10-5-13-32(33(27)28)26-9-4-12-31(23-26)35-17-19-36-20-18-35/h1-13,16,21-24H,14-15,17-20H2. The van der Waals surface area contributed by atoms with Crippen LogP contribution in [0.15, 0.2) is 109 Å². The van der Waals surface area contributed by atoms with Gasteiger partial charge in [0.25, 0.3) is 0 Å². The zero-order chi connectivity index (χ0) is 24.2. The SMILES string of the molecule is c1ccc(CCc2cc(-c3cccnc3)cc3cccc(-c4cccc(N5CCOCC5)c4)c23)cc1. The molecule has 0 saturated carbocycles. The van der Waals surface area contributed by atoms with E-state index < -0.39 is 0 Å². The Kier molecular flexibility index (Phi) is 6.47. The molecule has 3 nitrogen and oxygen atoms in total. The van der Waals surface area contributed by atoms with Gasteiger partial charge in [-0.25, -0.2) is 0 Å². The molecular weight excluding hydrogens is 440 g/mol. The van der Waals surface area contributed by atoms with Crippen molar-refractivity contribution >= 4 is 16.5 Å². The minimum absolute atomic E-state index is 0.791. The van der Waals surface area contributed by atoms with Gasteiger partial charge in [-0.3, -0.25) is 4.98 Å². The molecule has 5 aromatic rings. The largest absolute Gasteiger partial charge is 0.378 e. The van der Waals surface area contributed by atoms with Crippen LogP contribution in [0.25, 0.3) is 33.0 Å². The molecule has 1 aliphatic rings. The second kappa shape index (κ2) is 10.3. The number of fused-ring (bicyclic) bond motifs is 1. The number of aryl methyl sites for hydroxylation is 2. The van der Waals surface area contributed by atoms with E-state index in [1.807, 2.05) is 18.5 Å². The topological polar surface area (TPSA) is 25.4 Å². The predicted molar refractivity (Wildman–Crippen MR) is 149 cm³/mol. The lowest BCUT2D eigenvalue weighted by atomic mass is 9.89. The highest BCUT2D eigenvalue weighted by atomic mass is 16.5. The lowest BCUT2D eigenvalue weighted by molar-refractivity contribution is 0.122. The van der Waals surface area contributed by atoms with Gasteiger partial charge in [0, 0.05) is 36.7 Å². The summed E-state index contributed by atoms with van der Waals surface area (Å²) in [6.07, 6.45) is 5.78. The third-order valence-corrected chi connectivity index (χ3v) is 7.11. The lowest BCUT2D eigenvalue weighted by Gasteiger charge is -2.29. The first-order valence-corrected chi connectivity index (χ1v) is 12.8. The normalized spacial score (nSPS) is 13.7. The summed E-state index contributed by atoms with van der Waals surface area (Å²) in [5.74, 6) is 0. The van der Waals surface area contributed by atoms with Gasteiger partial charge in [0.05, 0.1) is 13.2 Å². The molecule has 0 unspecified atom stereocenters. The Hall–Kier alpha value is -3.95. The molecule has 2 heterocycles. The van der Waals surface area contributed by atoms with Crippen molar-refractivity contribution in [3.05, 3.63) is 121 Å². The third-order valence-electron chi connectivity index (χ3n) is 7.11. The fourth-order valence-corrected chi connectivity index (χ4v) is 5.27. The highest BCUT2D eigenvalue weighted by molar-refractivity contribution is 6.01. The van der Waals surface area contributed by atoms with Gasteiger partial charge < -0.3 is 9.64 Å². The van der Waals surface area contributed by atoms with Crippen LogP contribution in [0.1, 0.15) is 11.1 Å². The Morgan fingerprint density at radius 2 is 1.53 bits per heavy atom. The van der Waals surface area contributed by atoms with Crippen molar-refractivity contribution in [3.63, 3.8) is 0 Å². The first-order chi connectivity index (χ1) is 17.8. The maximum atomic E-state index is 5.57. The van der Waals surface area contributed by atoms with Gasteiger partial charge in [0.1, 0.15) is 0 Å². The van der Waals surface area contributed by atoms with Gasteiger partial charge in [-0.2, -0.15) is 0 Å². The van der Waals surface area contributed by atoms with E-state index in [0.717, 1.165) is 44.7 Å². The molecule has 0 amide bonds. The molecule has 0 N–H and O–H groups in total. The second-order valence-electron chi connectivity index (χ2n) is 9.42. The summed E-state index contributed by atoms with van der Waals surface area (Å²) >= 11 is 0. The number of rotatable bonds is 6. The molecule has 4 aromatic carbocycles. The van der Waals surface area contributed by atoms with Crippen LogP contribution in [-0.4, -0.2) is 31.3 Å². The summed E-state index contributed by atoms with van der Waals surface area (Å²) in [7, 11) is 0. The van der Waals surface area contributed by atoms with Crippen molar-refractivity contribution < 1.29 is 4.74 Å². The zero-order valence-corrected chi connectivity index (χ0v) is 20.4. The van der Waals surface area contributed by atoms with Gasteiger partial charge in [-0.15, -0.1) is 0 Å². The van der Waals surface area contributed by atoms with Crippen molar-refractivity contribution in [1.82, 2.24) is 4.98 Å². The van der Waals surface area contributed by atoms with Gasteiger partial charge in [0.2, 0.25) is 0 Å². The van der Waals surface area contributed by atoms with E-state index in [4.69, 9.17) is 4.74 Å². The van der Waals surface area contributed by atoms with Crippen molar-refractivity contribution in [2.24, 2.45) is 0 Å². The van der Waals surface area contributed by atoms with E-state index in [1.54, 1.807) is 0 Å². The van der Waals surface area contributed by atoms with E-state index in [1.165, 1.54) is 44.3 Å². The number of anilines is 1. The van der Waals surface area contributed by atoms with Crippen LogP contribution in [0.2, 0.25) is 0 Å². The quantitative estimate of drug-likeness (QED) is 0.263. The zero-order valence-electron chi connectivity index (χ0n) is 20.4. The summed E-state index contributed by atoms with van der Waals surface area (Å²) in [6, 6.07) is 35.3. The molecule has 178 valence electrons. The molecule has 1 aromatic heterocycles. The van der Waals surface area contributed by atoms with Crippen LogP contribution in [0.5, 0.6) is 0 Å². The Morgan fingerprint density at radius 1 is 0.694 bits per heavy atom. The van der Waals surface area contributed by atoms with Crippen molar-refractivity contribution in [2.75, 3.05) is 31.2 Å². The fraction of sp³-hybridized carbons (Fsp3) is 0.182. The van der Waals surface area contributed by atoms with Crippen molar-refractivity contribution in [2.45, 2.75) is 12.8 Å². The van der Waals surface area contributed by atoms with Gasteiger partial charge in [0.15, 0.2) is 0 Å². The van der Waals surface area contributed by atoms with E-state index >= 15 is 0 Å². The summed E-state index contributed by atoms with van der Waals surface area (Å²) in [6.45, 7) is 3.46. The van der Waals surface area contributed by atoms with Crippen molar-refractivity contribution in [3.8, 4) is 22.3 Å². The molecule has 1 aliphatic heterocycles. The molecule has 6 rings (SSSR count). The molecule has 3 heteroatoms. The highest BCUT2D eigenvalue weighted by Gasteiger charge is 2.15. The molecular formula is C33H30N2O. The number of aromatic nitrogens is 1. The van der Waals surface area contributed by atoms with Crippen LogP contribution in [0.3, 0.4) is 0 Å². The predicted octanol–water partition coefficient (Wildman–Crippen LogP) is 7.19. The maximum absolute atomic E-state index is 5.57. The molecule has 0 bridgehead atoms. The lowest BCUT2D eigenvalue weighted by Crippen LogP contribution is -2.36. The molecule has 0 atom stereocenters. The number of ether oxygens (including phenoxy) is 1. The third kappa shape index (κ3) is 4.75. The molecule has 0 aliphatic carbocycles. The number of benzene rings is 4. The van der Waals surface area contributed by atoms with E-state index in [-0.39, 0.29) is 0 Å². The van der Waals surface area contributed by atoms with Crippen LogP contribution < -0.4 is 4.90 Å². The van der Waals surface area contributed by atoms with Gasteiger partial charge >= 0.3 is 0 Å². The minimum Gasteiger partial charge on any atom is -0.378 e. The Bertz CT molecular complexity index is 1460. The van der Waals surface area contributed by atoms with Crippen LogP contribution in [0, 0.1) is 0 Å². The number of hydrogen-bond donors (Lipinski definition) is 0. The average Bonchev–Trinajstić information content (AvgIpc) is 2.97. The number of pyridine rings is 1. The van der Waals surface area contributed by atoms with Crippen LogP contribution >= 0.6 is 0 Å². The van der Waals surface area contributed by atoms with Gasteiger partial charge in [-0.1, -0.05) is 72.8 Å². The summed E-state index contributed by atoms with van der Waals surface area (Å²) in [5, 5.41) is 2.62. The Morgan fingerprint density at radius 3 is 2.36 bits per heavy atom. The fourth-order valence-electron chi connectivity index (χ4n) is 5.27. The number of morpholine rings is 1. The summed E-state index contributed by atoms with van der Waals surface area (Å²) in [5.41, 5.74) is 8.94. The molecule has 1 saturated heterocycles. The molecule has 0 spiro atoms. The monoisotopic (exact) mass is 470 g/mol. The smallest absolute Gasteiger partial charge is 0.0642 e. The minimum atomic E-state index is 0.791. The maximum Gasteiger partial charge on any atom is 0.0642 e. The first-order valence-electron chi connectivity index (χ1n) is 12.8. The summed E-state index contributed by atoms with van der Waals surface area (Å²) < 4.78 is 5.57. The average molecular weight is 471 g/mol. The first kappa shape index (κ1) is 22.5. The van der Waals surface area contributed by atoms with E-state index in [2.05, 4.69) is 101 Å². The number of nitrogens with zero attached hydrogens (tertiary/aromatic N) is 2. The highest BCUT2D eigenvalue weighted by Crippen LogP contribution is 2.36.